The number of piperazine rings is 1. The molecule has 2 rings (SSSR count). The monoisotopic (exact) mass is 415 g/mol. The molecule has 1 aromatic carbocycles. The van der Waals surface area contributed by atoms with Crippen molar-refractivity contribution < 1.29 is 19.2 Å². The summed E-state index contributed by atoms with van der Waals surface area (Å²) in [5.74, 6) is 0.289. The lowest BCUT2D eigenvalue weighted by atomic mass is 10.2. The molecule has 150 valence electrons. The molecule has 1 aromatic rings. The molecule has 0 radical (unpaired) electrons. The average molecular weight is 416 g/mol. The van der Waals surface area contributed by atoms with Gasteiger partial charge in [-0.05, 0) is 36.6 Å². The van der Waals surface area contributed by atoms with Crippen molar-refractivity contribution in [2.24, 2.45) is 0 Å². The van der Waals surface area contributed by atoms with E-state index in [1.165, 1.54) is 12.0 Å². The summed E-state index contributed by atoms with van der Waals surface area (Å²) in [6, 6.07) is 4.34. The Morgan fingerprint density at radius 2 is 2.07 bits per heavy atom. The first-order chi connectivity index (χ1) is 12.9. The largest absolute Gasteiger partial charge is 0.467 e. The number of urea groups is 1. The number of carbonyl (C=O) groups excluding carboxylic acids is 2. The molecule has 1 atom stereocenters. The maximum Gasteiger partial charge on any atom is 0.328 e. The molecular formula is C18H28ClN4O3S+. The van der Waals surface area contributed by atoms with Crippen LogP contribution in [0.25, 0.3) is 0 Å². The predicted molar refractivity (Wildman–Crippen MR) is 111 cm³/mol. The summed E-state index contributed by atoms with van der Waals surface area (Å²) < 4.78 is 4.75. The predicted octanol–water partition coefficient (Wildman–Crippen LogP) is 1.09. The van der Waals surface area contributed by atoms with E-state index in [-0.39, 0.29) is 0 Å². The standard InChI is InChI=1S/C18H27ClN4O3S/c1-22-7-9-23(10-8-22)16-5-4-13(12-14(16)19)20-18(25)21-15(6-11-27-3)17(24)26-2/h4-5,12,15H,6-11H2,1-3H3,(H2,20,21,25)/p+1/t15-/m0/s1. The number of carbonyl (C=O) groups is 2. The molecule has 1 heterocycles. The molecule has 0 aromatic heterocycles. The van der Waals surface area contributed by atoms with Gasteiger partial charge in [-0.1, -0.05) is 11.6 Å². The number of halogens is 1. The van der Waals surface area contributed by atoms with Crippen molar-refractivity contribution >= 4 is 46.7 Å². The van der Waals surface area contributed by atoms with Gasteiger partial charge in [0, 0.05) is 5.69 Å². The number of esters is 1. The van der Waals surface area contributed by atoms with Crippen molar-refractivity contribution in [2.45, 2.75) is 12.5 Å². The lowest BCUT2D eigenvalue weighted by Gasteiger charge is -2.32. The zero-order valence-electron chi connectivity index (χ0n) is 16.0. The molecule has 1 saturated heterocycles. The number of nitrogens with one attached hydrogen (secondary N) is 3. The number of rotatable bonds is 7. The zero-order valence-corrected chi connectivity index (χ0v) is 17.6. The fraction of sp³-hybridized carbons (Fsp3) is 0.556. The van der Waals surface area contributed by atoms with Gasteiger partial charge < -0.3 is 25.2 Å². The van der Waals surface area contributed by atoms with Gasteiger partial charge in [-0.25, -0.2) is 9.59 Å². The molecule has 0 bridgehead atoms. The Kier molecular flexibility index (Phi) is 8.53. The number of thioether (sulfide) groups is 1. The second-order valence-electron chi connectivity index (χ2n) is 6.57. The molecule has 1 aliphatic heterocycles. The van der Waals surface area contributed by atoms with Crippen LogP contribution in [0.4, 0.5) is 16.2 Å². The van der Waals surface area contributed by atoms with Crippen LogP contribution < -0.4 is 20.4 Å². The molecule has 0 aliphatic carbocycles. The molecule has 7 nitrogen and oxygen atoms in total. The zero-order chi connectivity index (χ0) is 19.8. The van der Waals surface area contributed by atoms with Crippen molar-refractivity contribution in [3.63, 3.8) is 0 Å². The van der Waals surface area contributed by atoms with Crippen LogP contribution in [0.1, 0.15) is 6.42 Å². The third-order valence-corrected chi connectivity index (χ3v) is 5.51. The SMILES string of the molecule is COC(=O)[C@H](CCSC)NC(=O)Nc1ccc(N2CC[NH+](C)CC2)c(Cl)c1. The van der Waals surface area contributed by atoms with E-state index in [9.17, 15) is 9.59 Å². The van der Waals surface area contributed by atoms with Crippen LogP contribution in [0.5, 0.6) is 0 Å². The third-order valence-electron chi connectivity index (χ3n) is 4.56. The van der Waals surface area contributed by atoms with Crippen LogP contribution in [-0.2, 0) is 9.53 Å². The van der Waals surface area contributed by atoms with Crippen LogP contribution in [0.2, 0.25) is 5.02 Å². The number of ether oxygens (including phenoxy) is 1. The Morgan fingerprint density at radius 1 is 1.37 bits per heavy atom. The van der Waals surface area contributed by atoms with Gasteiger partial charge in [-0.2, -0.15) is 11.8 Å². The minimum atomic E-state index is -0.676. The van der Waals surface area contributed by atoms with E-state index >= 15 is 0 Å². The van der Waals surface area contributed by atoms with Gasteiger partial charge in [-0.15, -0.1) is 0 Å². The summed E-state index contributed by atoms with van der Waals surface area (Å²) in [6.45, 7) is 4.05. The third kappa shape index (κ3) is 6.48. The van der Waals surface area contributed by atoms with Gasteiger partial charge in [0.2, 0.25) is 0 Å². The minimum absolute atomic E-state index is 0.454. The molecule has 0 unspecified atom stereocenters. The number of hydrogen-bond acceptors (Lipinski definition) is 5. The highest BCUT2D eigenvalue weighted by molar-refractivity contribution is 7.98. The van der Waals surface area contributed by atoms with Crippen LogP contribution in [0, 0.1) is 0 Å². The first-order valence-electron chi connectivity index (χ1n) is 8.94. The van der Waals surface area contributed by atoms with Crippen LogP contribution in [0.3, 0.4) is 0 Å². The van der Waals surface area contributed by atoms with E-state index in [1.807, 2.05) is 18.4 Å². The Morgan fingerprint density at radius 3 is 2.67 bits per heavy atom. The molecule has 1 fully saturated rings. The summed E-state index contributed by atoms with van der Waals surface area (Å²) in [4.78, 5) is 27.8. The number of quaternary nitrogens is 1. The van der Waals surface area contributed by atoms with Crippen LogP contribution in [-0.4, -0.2) is 70.4 Å². The molecular weight excluding hydrogens is 388 g/mol. The first-order valence-corrected chi connectivity index (χ1v) is 10.7. The highest BCUT2D eigenvalue weighted by atomic mass is 35.5. The average Bonchev–Trinajstić information content (AvgIpc) is 2.65. The van der Waals surface area contributed by atoms with E-state index in [1.54, 1.807) is 17.8 Å². The number of benzene rings is 1. The van der Waals surface area contributed by atoms with Crippen molar-refractivity contribution in [3.05, 3.63) is 23.2 Å². The van der Waals surface area contributed by atoms with E-state index in [0.29, 0.717) is 17.1 Å². The van der Waals surface area contributed by atoms with E-state index < -0.39 is 18.0 Å². The maximum atomic E-state index is 12.2. The second kappa shape index (κ2) is 10.6. The van der Waals surface area contributed by atoms with Crippen molar-refractivity contribution in [1.82, 2.24) is 5.32 Å². The summed E-state index contributed by atoms with van der Waals surface area (Å²) in [5, 5.41) is 5.99. The number of methoxy groups -OCH3 is 1. The Balaban J connectivity index is 1.97. The van der Waals surface area contributed by atoms with Crippen LogP contribution >= 0.6 is 23.4 Å². The lowest BCUT2D eigenvalue weighted by Crippen LogP contribution is -3.12. The van der Waals surface area contributed by atoms with Gasteiger partial charge in [0.25, 0.3) is 0 Å². The quantitative estimate of drug-likeness (QED) is 0.581. The number of amides is 2. The molecule has 1 aliphatic rings. The molecule has 0 saturated carbocycles. The number of nitrogens with zero attached hydrogens (tertiary/aromatic N) is 1. The second-order valence-corrected chi connectivity index (χ2v) is 7.96. The maximum absolute atomic E-state index is 12.2. The number of likely N-dealkylation sites (N-methyl/N-ethyl adjacent to an activating group) is 1. The van der Waals surface area contributed by atoms with Crippen molar-refractivity contribution in [1.29, 1.82) is 0 Å². The fourth-order valence-electron chi connectivity index (χ4n) is 2.92. The van der Waals surface area contributed by atoms with Gasteiger partial charge in [0.05, 0.1) is 51.0 Å². The van der Waals surface area contributed by atoms with Gasteiger partial charge in [0.15, 0.2) is 0 Å². The molecule has 0 spiro atoms. The Labute approximate surface area is 169 Å². The summed E-state index contributed by atoms with van der Waals surface area (Å²) in [6.07, 6.45) is 2.45. The van der Waals surface area contributed by atoms with Gasteiger partial charge in [0.1, 0.15) is 6.04 Å². The minimum Gasteiger partial charge on any atom is -0.467 e. The summed E-state index contributed by atoms with van der Waals surface area (Å²) in [5.41, 5.74) is 1.55. The van der Waals surface area contributed by atoms with Crippen molar-refractivity contribution in [3.8, 4) is 0 Å². The normalized spacial score (nSPS) is 15.9. The molecule has 27 heavy (non-hydrogen) atoms. The number of anilines is 2. The summed E-state index contributed by atoms with van der Waals surface area (Å²) in [7, 11) is 3.50. The molecule has 9 heteroatoms. The summed E-state index contributed by atoms with van der Waals surface area (Å²) >= 11 is 8.04. The Hall–Kier alpha value is -1.64. The highest BCUT2D eigenvalue weighted by Crippen LogP contribution is 2.28. The van der Waals surface area contributed by atoms with E-state index in [2.05, 4.69) is 22.6 Å². The molecule has 2 amide bonds. The van der Waals surface area contributed by atoms with Gasteiger partial charge in [-0.3, -0.25) is 0 Å². The highest BCUT2D eigenvalue weighted by Gasteiger charge is 2.22. The Bertz CT molecular complexity index is 653. The number of hydrogen-bond donors (Lipinski definition) is 3. The topological polar surface area (TPSA) is 75.1 Å². The fourth-order valence-corrected chi connectivity index (χ4v) is 3.69. The van der Waals surface area contributed by atoms with E-state index in [4.69, 9.17) is 16.3 Å². The van der Waals surface area contributed by atoms with E-state index in [0.717, 1.165) is 37.6 Å². The van der Waals surface area contributed by atoms with Crippen molar-refractivity contribution in [2.75, 3.05) is 62.6 Å². The van der Waals surface area contributed by atoms with Gasteiger partial charge >= 0.3 is 12.0 Å². The first kappa shape index (κ1) is 21.7. The van der Waals surface area contributed by atoms with Crippen LogP contribution in [0.15, 0.2) is 18.2 Å². The lowest BCUT2D eigenvalue weighted by molar-refractivity contribution is -0.880. The smallest absolute Gasteiger partial charge is 0.328 e. The molecule has 3 N–H and O–H groups in total.